The predicted octanol–water partition coefficient (Wildman–Crippen LogP) is 2.55. The van der Waals surface area contributed by atoms with Crippen molar-refractivity contribution >= 4 is 28.7 Å². The van der Waals surface area contributed by atoms with Crippen molar-refractivity contribution in [2.45, 2.75) is 20.8 Å². The van der Waals surface area contributed by atoms with E-state index in [4.69, 9.17) is 9.26 Å². The number of anilines is 2. The molecule has 0 spiro atoms. The number of aryl methyl sites for hydroxylation is 2. The summed E-state index contributed by atoms with van der Waals surface area (Å²) in [4.78, 5) is 24.9. The molecule has 0 aromatic carbocycles. The van der Waals surface area contributed by atoms with Crippen molar-refractivity contribution in [3.63, 3.8) is 0 Å². The molecule has 0 bridgehead atoms. The fraction of sp³-hybridized carbons (Fsp3) is 0.267. The second kappa shape index (κ2) is 5.99. The van der Waals surface area contributed by atoms with Crippen molar-refractivity contribution < 1.29 is 14.1 Å². The summed E-state index contributed by atoms with van der Waals surface area (Å²) < 4.78 is 10.1. The Kier molecular flexibility index (Phi) is 3.88. The third-order valence-corrected chi connectivity index (χ3v) is 3.05. The largest absolute Gasteiger partial charge is 0.461 e. The van der Waals surface area contributed by atoms with Crippen LogP contribution in [0.3, 0.4) is 0 Å². The highest BCUT2D eigenvalue weighted by molar-refractivity contribution is 6.05. The van der Waals surface area contributed by atoms with Crippen LogP contribution in [0.4, 0.5) is 11.6 Å². The number of pyridine rings is 1. The Bertz CT molecular complexity index is 875. The highest BCUT2D eigenvalue weighted by atomic mass is 16.5. The SMILES string of the molecule is CCOC(=O)c1noc2nc(C)nc(Nc3cccc(C)n3)c12. The van der Waals surface area contributed by atoms with Gasteiger partial charge in [-0.25, -0.2) is 14.8 Å². The number of ether oxygens (including phenoxy) is 1. The van der Waals surface area contributed by atoms with E-state index in [1.807, 2.05) is 19.1 Å². The molecule has 118 valence electrons. The van der Waals surface area contributed by atoms with Crippen LogP contribution in [-0.2, 0) is 4.74 Å². The van der Waals surface area contributed by atoms with Crippen molar-refractivity contribution in [3.05, 3.63) is 35.4 Å². The zero-order valence-corrected chi connectivity index (χ0v) is 13.0. The van der Waals surface area contributed by atoms with E-state index in [9.17, 15) is 4.79 Å². The smallest absolute Gasteiger partial charge is 0.361 e. The summed E-state index contributed by atoms with van der Waals surface area (Å²) in [5.74, 6) is 0.897. The van der Waals surface area contributed by atoms with Crippen molar-refractivity contribution in [2.75, 3.05) is 11.9 Å². The zero-order valence-electron chi connectivity index (χ0n) is 13.0. The first-order valence-electron chi connectivity index (χ1n) is 7.10. The van der Waals surface area contributed by atoms with Crippen LogP contribution in [-0.4, -0.2) is 32.7 Å². The van der Waals surface area contributed by atoms with Gasteiger partial charge in [-0.2, -0.15) is 4.98 Å². The Morgan fingerprint density at radius 2 is 2.09 bits per heavy atom. The maximum Gasteiger partial charge on any atom is 0.361 e. The minimum Gasteiger partial charge on any atom is -0.461 e. The van der Waals surface area contributed by atoms with Gasteiger partial charge in [0, 0.05) is 5.69 Å². The molecular formula is C15H15N5O3. The number of nitrogens with one attached hydrogen (secondary N) is 1. The van der Waals surface area contributed by atoms with Crippen molar-refractivity contribution in [2.24, 2.45) is 0 Å². The summed E-state index contributed by atoms with van der Waals surface area (Å²) in [7, 11) is 0. The topological polar surface area (TPSA) is 103 Å². The fourth-order valence-corrected chi connectivity index (χ4v) is 2.12. The molecule has 0 amide bonds. The lowest BCUT2D eigenvalue weighted by Crippen LogP contribution is -2.07. The number of hydrogen-bond donors (Lipinski definition) is 1. The monoisotopic (exact) mass is 313 g/mol. The van der Waals surface area contributed by atoms with Crippen molar-refractivity contribution in [1.82, 2.24) is 20.1 Å². The quantitative estimate of drug-likeness (QED) is 0.733. The molecule has 0 fully saturated rings. The van der Waals surface area contributed by atoms with E-state index in [-0.39, 0.29) is 18.0 Å². The summed E-state index contributed by atoms with van der Waals surface area (Å²) in [6.45, 7) is 5.56. The number of rotatable bonds is 4. The highest BCUT2D eigenvalue weighted by Crippen LogP contribution is 2.27. The number of fused-ring (bicyclic) bond motifs is 1. The summed E-state index contributed by atoms with van der Waals surface area (Å²) in [6, 6.07) is 5.55. The van der Waals surface area contributed by atoms with Crippen LogP contribution in [0.15, 0.2) is 22.7 Å². The highest BCUT2D eigenvalue weighted by Gasteiger charge is 2.23. The van der Waals surface area contributed by atoms with Crippen LogP contribution >= 0.6 is 0 Å². The van der Waals surface area contributed by atoms with E-state index in [0.29, 0.717) is 22.8 Å². The Balaban J connectivity index is 2.11. The molecule has 3 heterocycles. The average molecular weight is 313 g/mol. The fourth-order valence-electron chi connectivity index (χ4n) is 2.12. The van der Waals surface area contributed by atoms with E-state index < -0.39 is 5.97 Å². The van der Waals surface area contributed by atoms with Crippen molar-refractivity contribution in [1.29, 1.82) is 0 Å². The molecule has 0 radical (unpaired) electrons. The van der Waals surface area contributed by atoms with Gasteiger partial charge in [-0.15, -0.1) is 0 Å². The predicted molar refractivity (Wildman–Crippen MR) is 82.5 cm³/mol. The van der Waals surface area contributed by atoms with Gasteiger partial charge < -0.3 is 14.6 Å². The van der Waals surface area contributed by atoms with Gasteiger partial charge >= 0.3 is 5.97 Å². The number of aromatic nitrogens is 4. The van der Waals surface area contributed by atoms with E-state index >= 15 is 0 Å². The number of hydrogen-bond acceptors (Lipinski definition) is 8. The van der Waals surface area contributed by atoms with E-state index in [1.165, 1.54) is 0 Å². The molecule has 0 aliphatic rings. The molecule has 0 aliphatic heterocycles. The Morgan fingerprint density at radius 3 is 2.83 bits per heavy atom. The first-order chi connectivity index (χ1) is 11.1. The van der Waals surface area contributed by atoms with Crippen LogP contribution in [0, 0.1) is 13.8 Å². The Labute approximate surface area is 131 Å². The third-order valence-electron chi connectivity index (χ3n) is 3.05. The number of carbonyl (C=O) groups is 1. The second-order valence-electron chi connectivity index (χ2n) is 4.84. The molecule has 0 aliphatic carbocycles. The summed E-state index contributed by atoms with van der Waals surface area (Å²) in [5.41, 5.74) is 1.11. The maximum atomic E-state index is 12.0. The number of carbonyl (C=O) groups excluding carboxylic acids is 1. The maximum absolute atomic E-state index is 12.0. The summed E-state index contributed by atoms with van der Waals surface area (Å²) in [5, 5.41) is 7.22. The zero-order chi connectivity index (χ0) is 16.4. The second-order valence-corrected chi connectivity index (χ2v) is 4.84. The molecule has 0 saturated heterocycles. The molecule has 23 heavy (non-hydrogen) atoms. The molecule has 0 saturated carbocycles. The number of nitrogens with zero attached hydrogens (tertiary/aromatic N) is 4. The molecule has 8 heteroatoms. The van der Waals surface area contributed by atoms with Gasteiger partial charge in [-0.3, -0.25) is 0 Å². The minimum atomic E-state index is -0.584. The molecule has 0 unspecified atom stereocenters. The van der Waals surface area contributed by atoms with Crippen LogP contribution in [0.2, 0.25) is 0 Å². The minimum absolute atomic E-state index is 0.0389. The van der Waals surface area contributed by atoms with Gasteiger partial charge in [-0.1, -0.05) is 11.2 Å². The van der Waals surface area contributed by atoms with Gasteiger partial charge in [0.15, 0.2) is 0 Å². The van der Waals surface area contributed by atoms with Gasteiger partial charge in [-0.05, 0) is 32.9 Å². The Hall–Kier alpha value is -3.03. The van der Waals surface area contributed by atoms with E-state index in [2.05, 4.69) is 25.4 Å². The van der Waals surface area contributed by atoms with Crippen LogP contribution < -0.4 is 5.32 Å². The van der Waals surface area contributed by atoms with Gasteiger partial charge in [0.25, 0.3) is 5.71 Å². The molecule has 0 atom stereocenters. The molecule has 8 nitrogen and oxygen atoms in total. The Morgan fingerprint density at radius 1 is 1.26 bits per heavy atom. The first-order valence-corrected chi connectivity index (χ1v) is 7.10. The lowest BCUT2D eigenvalue weighted by atomic mass is 10.2. The van der Waals surface area contributed by atoms with Crippen molar-refractivity contribution in [3.8, 4) is 0 Å². The molecule has 1 N–H and O–H groups in total. The summed E-state index contributed by atoms with van der Waals surface area (Å²) >= 11 is 0. The normalized spacial score (nSPS) is 10.7. The first kappa shape index (κ1) is 14.9. The van der Waals surface area contributed by atoms with E-state index in [1.54, 1.807) is 19.9 Å². The molecular weight excluding hydrogens is 298 g/mol. The molecule has 3 rings (SSSR count). The summed E-state index contributed by atoms with van der Waals surface area (Å²) in [6.07, 6.45) is 0. The van der Waals surface area contributed by atoms with E-state index in [0.717, 1.165) is 5.69 Å². The van der Waals surface area contributed by atoms with Crippen LogP contribution in [0.25, 0.3) is 11.1 Å². The lowest BCUT2D eigenvalue weighted by Gasteiger charge is -2.07. The van der Waals surface area contributed by atoms with Gasteiger partial charge in [0.05, 0.1) is 6.61 Å². The lowest BCUT2D eigenvalue weighted by molar-refractivity contribution is 0.0517. The number of esters is 1. The standard InChI is InChI=1S/C15H15N5O3/c1-4-22-15(21)12-11-13(17-9(3)18-14(11)23-20-12)19-10-7-5-6-8(2)16-10/h5-7H,4H2,1-3H3,(H,16,17,18,19). The van der Waals surface area contributed by atoms with Crippen LogP contribution in [0.5, 0.6) is 0 Å². The van der Waals surface area contributed by atoms with Gasteiger partial charge in [0.1, 0.15) is 22.8 Å². The average Bonchev–Trinajstić information content (AvgIpc) is 2.91. The molecule has 3 aromatic heterocycles. The van der Waals surface area contributed by atoms with Gasteiger partial charge in [0.2, 0.25) is 5.69 Å². The van der Waals surface area contributed by atoms with Crippen LogP contribution in [0.1, 0.15) is 28.9 Å². The molecule has 3 aromatic rings. The third kappa shape index (κ3) is 2.96.